The third-order valence-corrected chi connectivity index (χ3v) is 2.72. The number of hydrogen-bond donors (Lipinski definition) is 3. The summed E-state index contributed by atoms with van der Waals surface area (Å²) in [5, 5.41) is 20.4. The highest BCUT2D eigenvalue weighted by Gasteiger charge is 2.35. The zero-order valence-corrected chi connectivity index (χ0v) is 8.06. The molecule has 1 heterocycles. The molecule has 0 amide bonds. The Morgan fingerprint density at radius 2 is 2.07 bits per heavy atom. The van der Waals surface area contributed by atoms with E-state index in [1.807, 2.05) is 0 Å². The molecule has 80 valence electrons. The summed E-state index contributed by atoms with van der Waals surface area (Å²) < 4.78 is 0. The molecule has 0 radical (unpaired) electrons. The molecule has 14 heavy (non-hydrogen) atoms. The van der Waals surface area contributed by atoms with Crippen molar-refractivity contribution in [1.29, 1.82) is 0 Å². The van der Waals surface area contributed by atoms with E-state index in [1.54, 1.807) is 6.92 Å². The van der Waals surface area contributed by atoms with E-state index in [0.717, 1.165) is 0 Å². The minimum Gasteiger partial charge on any atom is -0.481 e. The first-order valence-electron chi connectivity index (χ1n) is 4.78. The maximum absolute atomic E-state index is 10.8. The number of carboxylic acids is 2. The Bertz CT molecular complexity index is 241. The molecule has 1 unspecified atom stereocenters. The van der Waals surface area contributed by atoms with Gasteiger partial charge in [0.1, 0.15) is 6.04 Å². The maximum atomic E-state index is 10.8. The van der Waals surface area contributed by atoms with Crippen molar-refractivity contribution in [1.82, 2.24) is 5.32 Å². The highest BCUT2D eigenvalue weighted by atomic mass is 16.4. The van der Waals surface area contributed by atoms with Crippen molar-refractivity contribution in [3.8, 4) is 0 Å². The lowest BCUT2D eigenvalue weighted by Crippen LogP contribution is -2.41. The van der Waals surface area contributed by atoms with E-state index in [-0.39, 0.29) is 6.04 Å². The van der Waals surface area contributed by atoms with Crippen molar-refractivity contribution in [2.45, 2.75) is 38.3 Å². The average molecular weight is 201 g/mol. The van der Waals surface area contributed by atoms with E-state index in [0.29, 0.717) is 19.3 Å². The Balaban J connectivity index is 2.55. The first-order chi connectivity index (χ1) is 6.56. The molecule has 1 rings (SSSR count). The maximum Gasteiger partial charge on any atom is 0.320 e. The first-order valence-corrected chi connectivity index (χ1v) is 4.78. The smallest absolute Gasteiger partial charge is 0.320 e. The fourth-order valence-electron chi connectivity index (χ4n) is 1.91. The van der Waals surface area contributed by atoms with Crippen molar-refractivity contribution in [2.75, 3.05) is 0 Å². The Morgan fingerprint density at radius 1 is 1.43 bits per heavy atom. The Kier molecular flexibility index (Phi) is 3.46. The van der Waals surface area contributed by atoms with E-state index in [2.05, 4.69) is 5.32 Å². The van der Waals surface area contributed by atoms with Crippen molar-refractivity contribution in [3.63, 3.8) is 0 Å². The summed E-state index contributed by atoms with van der Waals surface area (Å²) in [4.78, 5) is 21.4. The van der Waals surface area contributed by atoms with E-state index < -0.39 is 23.9 Å². The van der Waals surface area contributed by atoms with E-state index >= 15 is 0 Å². The zero-order valence-electron chi connectivity index (χ0n) is 8.06. The zero-order chi connectivity index (χ0) is 10.7. The van der Waals surface area contributed by atoms with Gasteiger partial charge < -0.3 is 15.5 Å². The van der Waals surface area contributed by atoms with Crippen LogP contribution in [0.2, 0.25) is 0 Å². The van der Waals surface area contributed by atoms with Crippen LogP contribution in [0.15, 0.2) is 0 Å². The van der Waals surface area contributed by atoms with Crippen LogP contribution >= 0.6 is 0 Å². The largest absolute Gasteiger partial charge is 0.481 e. The normalized spacial score (nSPS) is 28.6. The number of nitrogens with one attached hydrogen (secondary N) is 1. The van der Waals surface area contributed by atoms with Crippen molar-refractivity contribution >= 4 is 11.9 Å². The Labute approximate surface area is 82.1 Å². The van der Waals surface area contributed by atoms with Gasteiger partial charge in [-0.25, -0.2) is 0 Å². The monoisotopic (exact) mass is 201 g/mol. The minimum atomic E-state index is -0.896. The van der Waals surface area contributed by atoms with Crippen molar-refractivity contribution < 1.29 is 19.8 Å². The molecule has 5 heteroatoms. The molecule has 0 saturated carbocycles. The van der Waals surface area contributed by atoms with Crippen LogP contribution in [0.1, 0.15) is 26.2 Å². The lowest BCUT2D eigenvalue weighted by molar-refractivity contribution is -0.144. The number of aliphatic carboxylic acids is 2. The number of carbonyl (C=O) groups is 2. The highest BCUT2D eigenvalue weighted by Crippen LogP contribution is 2.21. The second-order valence-electron chi connectivity index (χ2n) is 3.59. The molecule has 1 aliphatic rings. The predicted octanol–water partition coefficient (Wildman–Crippen LogP) is 0.302. The second kappa shape index (κ2) is 4.41. The van der Waals surface area contributed by atoms with E-state index in [1.165, 1.54) is 0 Å². The van der Waals surface area contributed by atoms with Crippen LogP contribution in [0.25, 0.3) is 0 Å². The van der Waals surface area contributed by atoms with Crippen LogP contribution < -0.4 is 5.32 Å². The van der Waals surface area contributed by atoms with Gasteiger partial charge in [-0.1, -0.05) is 6.92 Å². The summed E-state index contributed by atoms with van der Waals surface area (Å²) >= 11 is 0. The van der Waals surface area contributed by atoms with Gasteiger partial charge in [0, 0.05) is 6.04 Å². The summed E-state index contributed by atoms with van der Waals surface area (Å²) in [5.74, 6) is -2.22. The van der Waals surface area contributed by atoms with Crippen LogP contribution in [0.4, 0.5) is 0 Å². The molecule has 0 aromatic heterocycles. The van der Waals surface area contributed by atoms with Crippen LogP contribution in [0, 0.1) is 5.92 Å². The molecule has 0 bridgehead atoms. The predicted molar refractivity (Wildman–Crippen MR) is 49.0 cm³/mol. The molecule has 1 fully saturated rings. The summed E-state index contributed by atoms with van der Waals surface area (Å²) in [5.41, 5.74) is 0. The second-order valence-corrected chi connectivity index (χ2v) is 3.59. The van der Waals surface area contributed by atoms with Crippen molar-refractivity contribution in [3.05, 3.63) is 0 Å². The van der Waals surface area contributed by atoms with Gasteiger partial charge in [-0.2, -0.15) is 0 Å². The molecule has 0 aromatic rings. The SMILES string of the molecule is CCC(C(=O)O)[C@@H]1CC[C@@H](C(=O)O)N1. The highest BCUT2D eigenvalue weighted by molar-refractivity contribution is 5.75. The third kappa shape index (κ3) is 2.23. The topological polar surface area (TPSA) is 86.6 Å². The number of rotatable bonds is 4. The standard InChI is InChI=1S/C9H15NO4/c1-2-5(8(11)12)6-3-4-7(10-6)9(13)14/h5-7,10H,2-4H2,1H3,(H,11,12)(H,13,14)/t5?,6-,7-/m0/s1. The molecule has 0 aromatic carbocycles. The fourth-order valence-corrected chi connectivity index (χ4v) is 1.91. The number of carboxylic acid groups (broad SMARTS) is 2. The molecule has 1 aliphatic heterocycles. The van der Waals surface area contributed by atoms with Gasteiger partial charge in [-0.3, -0.25) is 9.59 Å². The lowest BCUT2D eigenvalue weighted by atomic mass is 9.96. The molecule has 1 saturated heterocycles. The van der Waals surface area contributed by atoms with E-state index in [9.17, 15) is 9.59 Å². The van der Waals surface area contributed by atoms with Crippen LogP contribution in [0.3, 0.4) is 0 Å². The minimum absolute atomic E-state index is 0.196. The van der Waals surface area contributed by atoms with E-state index in [4.69, 9.17) is 10.2 Å². The summed E-state index contributed by atoms with van der Waals surface area (Å²) in [6.07, 6.45) is 1.67. The lowest BCUT2D eigenvalue weighted by Gasteiger charge is -2.18. The molecule has 3 N–H and O–H groups in total. The molecule has 0 aliphatic carbocycles. The quantitative estimate of drug-likeness (QED) is 0.609. The molecule has 5 nitrogen and oxygen atoms in total. The number of hydrogen-bond acceptors (Lipinski definition) is 3. The fraction of sp³-hybridized carbons (Fsp3) is 0.778. The van der Waals surface area contributed by atoms with Gasteiger partial charge in [-0.15, -0.1) is 0 Å². The van der Waals surface area contributed by atoms with Crippen LogP contribution in [0.5, 0.6) is 0 Å². The summed E-state index contributed by atoms with van der Waals surface area (Å²) in [6, 6.07) is -0.771. The summed E-state index contributed by atoms with van der Waals surface area (Å²) in [6.45, 7) is 1.80. The van der Waals surface area contributed by atoms with Crippen LogP contribution in [-0.2, 0) is 9.59 Å². The molecular weight excluding hydrogens is 186 g/mol. The van der Waals surface area contributed by atoms with Gasteiger partial charge in [0.15, 0.2) is 0 Å². The van der Waals surface area contributed by atoms with Crippen molar-refractivity contribution in [2.24, 2.45) is 5.92 Å². The molecule has 3 atom stereocenters. The molecule has 0 spiro atoms. The van der Waals surface area contributed by atoms with Crippen LogP contribution in [-0.4, -0.2) is 34.2 Å². The Morgan fingerprint density at radius 3 is 2.43 bits per heavy atom. The third-order valence-electron chi connectivity index (χ3n) is 2.72. The van der Waals surface area contributed by atoms with Gasteiger partial charge in [0.05, 0.1) is 5.92 Å². The van der Waals surface area contributed by atoms with Gasteiger partial charge in [0.2, 0.25) is 0 Å². The average Bonchev–Trinajstić information content (AvgIpc) is 2.53. The Hall–Kier alpha value is -1.10. The van der Waals surface area contributed by atoms with Gasteiger partial charge >= 0.3 is 11.9 Å². The molecular formula is C9H15NO4. The summed E-state index contributed by atoms with van der Waals surface area (Å²) in [7, 11) is 0. The van der Waals surface area contributed by atoms with Gasteiger partial charge in [0.25, 0.3) is 0 Å². The first kappa shape index (κ1) is 11.0. The van der Waals surface area contributed by atoms with Gasteiger partial charge in [-0.05, 0) is 19.3 Å².